The van der Waals surface area contributed by atoms with Crippen LogP contribution in [0.15, 0.2) is 35.3 Å². The first-order valence-corrected chi connectivity index (χ1v) is 6.58. The Morgan fingerprint density at radius 2 is 2.09 bits per heavy atom. The fraction of sp³-hybridized carbons (Fsp3) is 0. The van der Waals surface area contributed by atoms with Crippen LogP contribution in [0.4, 0.5) is 5.69 Å². The molecule has 0 amide bonds. The van der Waals surface area contributed by atoms with Gasteiger partial charge in [0.25, 0.3) is 5.43 Å². The molecule has 22 heavy (non-hydrogen) atoms. The van der Waals surface area contributed by atoms with Crippen molar-refractivity contribution in [2.24, 2.45) is 0 Å². The number of imidazole rings is 1. The Morgan fingerprint density at radius 3 is 2.86 bits per heavy atom. The minimum absolute atomic E-state index is 0.0401. The Bertz CT molecular complexity index is 1150. The predicted octanol–water partition coefficient (Wildman–Crippen LogP) is 2.29. The molecule has 3 heterocycles. The lowest BCUT2D eigenvalue weighted by atomic mass is 10.2. The van der Waals surface area contributed by atoms with Crippen molar-refractivity contribution in [3.63, 3.8) is 0 Å². The molecule has 0 aliphatic heterocycles. The zero-order valence-electron chi connectivity index (χ0n) is 10.8. The number of benzene rings is 1. The van der Waals surface area contributed by atoms with Gasteiger partial charge in [0.1, 0.15) is 0 Å². The highest BCUT2D eigenvalue weighted by Crippen LogP contribution is 2.25. The average molecular weight is 316 g/mol. The summed E-state index contributed by atoms with van der Waals surface area (Å²) < 4.78 is 1.51. The standard InChI is InChI=1S/C13H6ClN5O3/c14-13-15-5-6-10(20)9(19(21)22)12-16-7-3-1-2-4-8(7)18(12)11(6)17-13/h1-5,16H. The number of hydrogen-bond acceptors (Lipinski definition) is 5. The summed E-state index contributed by atoms with van der Waals surface area (Å²) in [5.41, 5.74) is 0.298. The molecule has 0 bridgehead atoms. The van der Waals surface area contributed by atoms with E-state index >= 15 is 0 Å². The van der Waals surface area contributed by atoms with Gasteiger partial charge in [0.15, 0.2) is 5.65 Å². The third-order valence-electron chi connectivity index (χ3n) is 3.44. The second-order valence-corrected chi connectivity index (χ2v) is 4.98. The zero-order valence-corrected chi connectivity index (χ0v) is 11.5. The van der Waals surface area contributed by atoms with E-state index in [2.05, 4.69) is 15.0 Å². The molecular weight excluding hydrogens is 310 g/mol. The van der Waals surface area contributed by atoms with Crippen LogP contribution in [0.25, 0.3) is 27.7 Å². The van der Waals surface area contributed by atoms with Gasteiger partial charge in [0.05, 0.1) is 21.3 Å². The number of halogens is 1. The number of H-pyrrole nitrogens is 1. The molecule has 4 aromatic rings. The molecule has 0 saturated carbocycles. The number of rotatable bonds is 1. The largest absolute Gasteiger partial charge is 0.357 e. The van der Waals surface area contributed by atoms with Gasteiger partial charge in [-0.2, -0.15) is 4.98 Å². The molecule has 0 fully saturated rings. The molecule has 0 atom stereocenters. The number of pyridine rings is 1. The second kappa shape index (κ2) is 4.25. The highest BCUT2D eigenvalue weighted by atomic mass is 35.5. The quantitative estimate of drug-likeness (QED) is 0.329. The minimum Gasteiger partial charge on any atom is -0.334 e. The number of fused-ring (bicyclic) bond motifs is 5. The molecule has 0 spiro atoms. The average Bonchev–Trinajstić information content (AvgIpc) is 2.85. The van der Waals surface area contributed by atoms with Crippen molar-refractivity contribution < 1.29 is 4.92 Å². The second-order valence-electron chi connectivity index (χ2n) is 4.64. The van der Waals surface area contributed by atoms with Crippen LogP contribution >= 0.6 is 11.6 Å². The van der Waals surface area contributed by atoms with Crippen molar-refractivity contribution in [2.45, 2.75) is 0 Å². The summed E-state index contributed by atoms with van der Waals surface area (Å²) in [6.45, 7) is 0. The lowest BCUT2D eigenvalue weighted by Crippen LogP contribution is -2.13. The fourth-order valence-corrected chi connectivity index (χ4v) is 2.68. The van der Waals surface area contributed by atoms with E-state index in [1.54, 1.807) is 24.3 Å². The maximum atomic E-state index is 12.4. The van der Waals surface area contributed by atoms with Crippen LogP contribution in [-0.2, 0) is 0 Å². The predicted molar refractivity (Wildman–Crippen MR) is 80.3 cm³/mol. The molecule has 9 heteroatoms. The van der Waals surface area contributed by atoms with Crippen LogP contribution in [0.3, 0.4) is 0 Å². The highest BCUT2D eigenvalue weighted by molar-refractivity contribution is 6.28. The van der Waals surface area contributed by atoms with Crippen LogP contribution in [0.1, 0.15) is 0 Å². The zero-order chi connectivity index (χ0) is 15.4. The smallest absolute Gasteiger partial charge is 0.334 e. The highest BCUT2D eigenvalue weighted by Gasteiger charge is 2.25. The van der Waals surface area contributed by atoms with Crippen LogP contribution < -0.4 is 5.43 Å². The molecule has 0 radical (unpaired) electrons. The van der Waals surface area contributed by atoms with Gasteiger partial charge < -0.3 is 4.98 Å². The van der Waals surface area contributed by atoms with E-state index in [1.165, 1.54) is 10.6 Å². The Labute approximate surface area is 126 Å². The van der Waals surface area contributed by atoms with Crippen LogP contribution in [-0.4, -0.2) is 24.3 Å². The molecule has 8 nitrogen and oxygen atoms in total. The summed E-state index contributed by atoms with van der Waals surface area (Å²) in [6, 6.07) is 7.09. The first-order chi connectivity index (χ1) is 10.6. The van der Waals surface area contributed by atoms with E-state index in [-0.39, 0.29) is 22.0 Å². The Kier molecular flexibility index (Phi) is 2.46. The van der Waals surface area contributed by atoms with Crippen LogP contribution in [0, 0.1) is 10.1 Å². The third kappa shape index (κ3) is 1.55. The Balaban J connectivity index is 2.44. The minimum atomic E-state index is -0.747. The van der Waals surface area contributed by atoms with E-state index in [4.69, 9.17) is 11.6 Å². The first kappa shape index (κ1) is 12.7. The lowest BCUT2D eigenvalue weighted by Gasteiger charge is -2.02. The maximum absolute atomic E-state index is 12.4. The van der Waals surface area contributed by atoms with Gasteiger partial charge in [-0.3, -0.25) is 19.3 Å². The molecular formula is C13H6ClN5O3. The lowest BCUT2D eigenvalue weighted by molar-refractivity contribution is -0.384. The van der Waals surface area contributed by atoms with E-state index < -0.39 is 16.0 Å². The van der Waals surface area contributed by atoms with E-state index in [0.717, 1.165) is 0 Å². The summed E-state index contributed by atoms with van der Waals surface area (Å²) in [6.07, 6.45) is 1.20. The Morgan fingerprint density at radius 1 is 1.32 bits per heavy atom. The van der Waals surface area contributed by atoms with Gasteiger partial charge in [-0.05, 0) is 23.7 Å². The molecule has 4 rings (SSSR count). The number of nitrogens with one attached hydrogen (secondary N) is 1. The number of nitrogens with zero attached hydrogens (tertiary/aromatic N) is 4. The fourth-order valence-electron chi connectivity index (χ4n) is 2.55. The Hall–Kier alpha value is -3.00. The molecule has 1 aromatic carbocycles. The third-order valence-corrected chi connectivity index (χ3v) is 3.62. The van der Waals surface area contributed by atoms with Crippen molar-refractivity contribution in [1.29, 1.82) is 0 Å². The van der Waals surface area contributed by atoms with E-state index in [1.807, 2.05) is 0 Å². The molecule has 1 N–H and O–H groups in total. The van der Waals surface area contributed by atoms with Gasteiger partial charge in [-0.1, -0.05) is 12.1 Å². The van der Waals surface area contributed by atoms with E-state index in [9.17, 15) is 14.9 Å². The summed E-state index contributed by atoms with van der Waals surface area (Å²) in [7, 11) is 0. The van der Waals surface area contributed by atoms with Gasteiger partial charge in [0, 0.05) is 6.20 Å². The number of aromatic amines is 1. The molecule has 0 unspecified atom stereocenters. The first-order valence-electron chi connectivity index (χ1n) is 6.20. The summed E-state index contributed by atoms with van der Waals surface area (Å²) in [5, 5.41) is 11.3. The molecule has 0 aliphatic rings. The monoisotopic (exact) mass is 315 g/mol. The van der Waals surface area contributed by atoms with Gasteiger partial charge in [-0.15, -0.1) is 0 Å². The van der Waals surface area contributed by atoms with Gasteiger partial charge in [0.2, 0.25) is 10.9 Å². The van der Waals surface area contributed by atoms with Crippen molar-refractivity contribution in [1.82, 2.24) is 19.4 Å². The number of aromatic nitrogens is 4. The van der Waals surface area contributed by atoms with Crippen LogP contribution in [0.5, 0.6) is 0 Å². The maximum Gasteiger partial charge on any atom is 0.357 e. The summed E-state index contributed by atoms with van der Waals surface area (Å²) in [5.74, 6) is 0. The van der Waals surface area contributed by atoms with Crippen molar-refractivity contribution in [3.05, 3.63) is 56.1 Å². The summed E-state index contributed by atoms with van der Waals surface area (Å²) >= 11 is 5.81. The molecule has 0 saturated heterocycles. The number of nitro groups is 1. The van der Waals surface area contributed by atoms with Crippen molar-refractivity contribution in [2.75, 3.05) is 0 Å². The van der Waals surface area contributed by atoms with Crippen molar-refractivity contribution >= 4 is 45.0 Å². The molecule has 3 aromatic heterocycles. The topological polar surface area (TPSA) is 106 Å². The van der Waals surface area contributed by atoms with Gasteiger partial charge >= 0.3 is 5.69 Å². The summed E-state index contributed by atoms with van der Waals surface area (Å²) in [4.78, 5) is 33.7. The van der Waals surface area contributed by atoms with E-state index in [0.29, 0.717) is 11.0 Å². The number of para-hydroxylation sites is 2. The number of hydrogen-bond donors (Lipinski definition) is 1. The molecule has 108 valence electrons. The van der Waals surface area contributed by atoms with Gasteiger partial charge in [-0.25, -0.2) is 4.98 Å². The SMILES string of the molecule is O=c1c([N+](=O)[O-])c2[nH]c3ccccc3n2c2nc(Cl)ncc12. The molecule has 0 aliphatic carbocycles. The normalized spacial score (nSPS) is 11.5. The van der Waals surface area contributed by atoms with Crippen molar-refractivity contribution in [3.8, 4) is 0 Å². The van der Waals surface area contributed by atoms with Crippen LogP contribution in [0.2, 0.25) is 5.28 Å².